The molecule has 0 saturated carbocycles. The van der Waals surface area contributed by atoms with Gasteiger partial charge in [0, 0.05) is 16.0 Å². The molecule has 2 aromatic carbocycles. The van der Waals surface area contributed by atoms with Crippen molar-refractivity contribution in [2.75, 3.05) is 0 Å². The van der Waals surface area contributed by atoms with Gasteiger partial charge in [-0.25, -0.2) is 0 Å². The van der Waals surface area contributed by atoms with Gasteiger partial charge in [-0.2, -0.15) is 0 Å². The third-order valence-electron chi connectivity index (χ3n) is 6.38. The Morgan fingerprint density at radius 2 is 1.87 bits per heavy atom. The minimum absolute atomic E-state index is 0.00678. The second-order valence-corrected chi connectivity index (χ2v) is 9.54. The number of amides is 1. The maximum atomic E-state index is 13.9. The molecule has 1 fully saturated rings. The number of allylic oxidation sites excluding steroid dienone is 1. The van der Waals surface area contributed by atoms with E-state index < -0.39 is 11.5 Å². The van der Waals surface area contributed by atoms with Gasteiger partial charge in [0.2, 0.25) is 5.91 Å². The lowest BCUT2D eigenvalue weighted by atomic mass is 9.67. The average Bonchev–Trinajstić information content (AvgIpc) is 2.72. The first kappa shape index (κ1) is 23.6. The summed E-state index contributed by atoms with van der Waals surface area (Å²) in [6.45, 7) is 9.38. The number of nitrogens with zero attached hydrogens (tertiary/aromatic N) is 1. The average molecular weight is 458 g/mol. The van der Waals surface area contributed by atoms with E-state index in [9.17, 15) is 9.59 Å². The van der Waals surface area contributed by atoms with E-state index in [4.69, 9.17) is 23.2 Å². The molecule has 0 bridgehead atoms. The van der Waals surface area contributed by atoms with Crippen molar-refractivity contribution in [2.45, 2.75) is 58.0 Å². The molecule has 0 aromatic heterocycles. The predicted molar refractivity (Wildman–Crippen MR) is 128 cm³/mol. The van der Waals surface area contributed by atoms with Gasteiger partial charge < -0.3 is 4.90 Å². The van der Waals surface area contributed by atoms with Crippen molar-refractivity contribution in [3.8, 4) is 0 Å². The third-order valence-corrected chi connectivity index (χ3v) is 6.86. The number of benzene rings is 2. The fourth-order valence-electron chi connectivity index (χ4n) is 4.91. The van der Waals surface area contributed by atoms with Gasteiger partial charge >= 0.3 is 0 Å². The van der Waals surface area contributed by atoms with Crippen LogP contribution in [0.4, 0.5) is 0 Å². The first-order valence-electron chi connectivity index (χ1n) is 10.7. The molecule has 3 rings (SSSR count). The Labute approximate surface area is 195 Å². The quantitative estimate of drug-likeness (QED) is 0.419. The standard InChI is InChI=1S/C26H29Cl2NO2/c1-5-14-26(4)16-22(19-8-7-9-21(28)15-19)24(18-10-12-20(27)13-11-18)29(25(26)31)23(6-2)17(3)30/h5,7-13,15,22-24H,1,6,14,16H2,2-4H3/t22-,23?,24?,26+/m1/s1. The second kappa shape index (κ2) is 9.58. The van der Waals surface area contributed by atoms with E-state index in [1.54, 1.807) is 13.0 Å². The van der Waals surface area contributed by atoms with E-state index in [1.807, 2.05) is 61.2 Å². The number of piperidine rings is 1. The molecule has 2 unspecified atom stereocenters. The van der Waals surface area contributed by atoms with Crippen LogP contribution in [0.5, 0.6) is 0 Å². The lowest BCUT2D eigenvalue weighted by Crippen LogP contribution is -2.57. The van der Waals surface area contributed by atoms with Crippen LogP contribution in [0.2, 0.25) is 10.0 Å². The molecule has 0 N–H and O–H groups in total. The summed E-state index contributed by atoms with van der Waals surface area (Å²) >= 11 is 12.5. The van der Waals surface area contributed by atoms with Crippen molar-refractivity contribution in [1.29, 1.82) is 0 Å². The first-order valence-corrected chi connectivity index (χ1v) is 11.4. The summed E-state index contributed by atoms with van der Waals surface area (Å²) in [4.78, 5) is 28.4. The number of halogens is 2. The molecule has 164 valence electrons. The minimum Gasteiger partial charge on any atom is -0.325 e. The lowest BCUT2D eigenvalue weighted by molar-refractivity contribution is -0.157. The zero-order chi connectivity index (χ0) is 22.8. The molecule has 2 aromatic rings. The molecule has 5 heteroatoms. The van der Waals surface area contributed by atoms with Crippen LogP contribution in [0.25, 0.3) is 0 Å². The van der Waals surface area contributed by atoms with Gasteiger partial charge in [0.15, 0.2) is 5.78 Å². The van der Waals surface area contributed by atoms with Crippen LogP contribution in [0.3, 0.4) is 0 Å². The van der Waals surface area contributed by atoms with E-state index in [1.165, 1.54) is 0 Å². The summed E-state index contributed by atoms with van der Waals surface area (Å²) in [5.41, 5.74) is 1.36. The van der Waals surface area contributed by atoms with Gasteiger partial charge in [-0.3, -0.25) is 9.59 Å². The van der Waals surface area contributed by atoms with E-state index in [-0.39, 0.29) is 23.7 Å². The molecule has 0 aliphatic carbocycles. The first-order chi connectivity index (χ1) is 14.7. The summed E-state index contributed by atoms with van der Waals surface area (Å²) in [5, 5.41) is 1.28. The molecule has 1 aliphatic rings. The smallest absolute Gasteiger partial charge is 0.229 e. The molecule has 4 atom stereocenters. The molecule has 1 saturated heterocycles. The van der Waals surface area contributed by atoms with E-state index in [0.29, 0.717) is 29.3 Å². The molecule has 0 spiro atoms. The van der Waals surface area contributed by atoms with E-state index >= 15 is 0 Å². The van der Waals surface area contributed by atoms with Crippen LogP contribution in [-0.4, -0.2) is 22.6 Å². The number of rotatable bonds is 7. The van der Waals surface area contributed by atoms with Gasteiger partial charge in [0.1, 0.15) is 0 Å². The highest BCUT2D eigenvalue weighted by molar-refractivity contribution is 6.30. The maximum absolute atomic E-state index is 13.9. The lowest BCUT2D eigenvalue weighted by Gasteiger charge is -2.51. The summed E-state index contributed by atoms with van der Waals surface area (Å²) in [7, 11) is 0. The van der Waals surface area contributed by atoms with E-state index in [2.05, 4.69) is 12.6 Å². The Morgan fingerprint density at radius 3 is 2.42 bits per heavy atom. The number of carbonyl (C=O) groups excluding carboxylic acids is 2. The molecule has 1 heterocycles. The number of ketones is 1. The summed E-state index contributed by atoms with van der Waals surface area (Å²) < 4.78 is 0. The number of likely N-dealkylation sites (tertiary alicyclic amines) is 1. The third kappa shape index (κ3) is 4.73. The van der Waals surface area contributed by atoms with Gasteiger partial charge in [0.25, 0.3) is 0 Å². The van der Waals surface area contributed by atoms with Gasteiger partial charge in [-0.1, -0.05) is 67.4 Å². The number of hydrogen-bond donors (Lipinski definition) is 0. The van der Waals surface area contributed by atoms with Gasteiger partial charge in [-0.15, -0.1) is 6.58 Å². The highest BCUT2D eigenvalue weighted by Gasteiger charge is 2.51. The summed E-state index contributed by atoms with van der Waals surface area (Å²) in [6, 6.07) is 14.6. The molecule has 31 heavy (non-hydrogen) atoms. The van der Waals surface area contributed by atoms with Crippen molar-refractivity contribution < 1.29 is 9.59 Å². The Morgan fingerprint density at radius 1 is 1.19 bits per heavy atom. The Hall–Kier alpha value is -2.10. The second-order valence-electron chi connectivity index (χ2n) is 8.66. The Bertz CT molecular complexity index is 972. The number of Topliss-reactive ketones (excluding diaryl/α,β-unsaturated/α-hetero) is 1. The van der Waals surface area contributed by atoms with Gasteiger partial charge in [-0.05, 0) is 61.6 Å². The molecular formula is C26H29Cl2NO2. The molecule has 0 radical (unpaired) electrons. The van der Waals surface area contributed by atoms with Crippen LogP contribution in [-0.2, 0) is 9.59 Å². The van der Waals surface area contributed by atoms with Crippen molar-refractivity contribution in [3.63, 3.8) is 0 Å². The summed E-state index contributed by atoms with van der Waals surface area (Å²) in [6.07, 6.45) is 3.53. The molecule has 1 aliphatic heterocycles. The monoisotopic (exact) mass is 457 g/mol. The fraction of sp³-hybridized carbons (Fsp3) is 0.385. The topological polar surface area (TPSA) is 37.4 Å². The van der Waals surface area contributed by atoms with Crippen LogP contribution in [0, 0.1) is 5.41 Å². The predicted octanol–water partition coefficient (Wildman–Crippen LogP) is 7.00. The van der Waals surface area contributed by atoms with Crippen molar-refractivity contribution in [3.05, 3.63) is 82.4 Å². The van der Waals surface area contributed by atoms with Crippen molar-refractivity contribution in [2.24, 2.45) is 5.41 Å². The highest BCUT2D eigenvalue weighted by Crippen LogP contribution is 2.52. The molecule has 1 amide bonds. The normalized spacial score (nSPS) is 24.7. The van der Waals surface area contributed by atoms with Crippen LogP contribution in [0.15, 0.2) is 61.2 Å². The Kier molecular flexibility index (Phi) is 7.28. The van der Waals surface area contributed by atoms with Gasteiger partial charge in [0.05, 0.1) is 17.5 Å². The highest BCUT2D eigenvalue weighted by atomic mass is 35.5. The Balaban J connectivity index is 2.25. The number of carbonyl (C=O) groups is 2. The van der Waals surface area contributed by atoms with Crippen LogP contribution < -0.4 is 0 Å². The largest absolute Gasteiger partial charge is 0.325 e. The van der Waals surface area contributed by atoms with Crippen LogP contribution in [0.1, 0.15) is 63.1 Å². The zero-order valence-electron chi connectivity index (χ0n) is 18.3. The van der Waals surface area contributed by atoms with Crippen LogP contribution >= 0.6 is 23.2 Å². The number of hydrogen-bond acceptors (Lipinski definition) is 2. The minimum atomic E-state index is -0.652. The van der Waals surface area contributed by atoms with Crippen molar-refractivity contribution in [1.82, 2.24) is 4.90 Å². The maximum Gasteiger partial charge on any atom is 0.229 e. The van der Waals surface area contributed by atoms with Crippen molar-refractivity contribution >= 4 is 34.9 Å². The summed E-state index contributed by atoms with van der Waals surface area (Å²) in [5.74, 6) is -0.0499. The zero-order valence-corrected chi connectivity index (χ0v) is 19.8. The van der Waals surface area contributed by atoms with E-state index in [0.717, 1.165) is 11.1 Å². The molecular weight excluding hydrogens is 429 g/mol. The SMILES string of the molecule is C=CC[C@@]1(C)C[C@H](c2cccc(Cl)c2)C(c2ccc(Cl)cc2)N(C(CC)C(C)=O)C1=O. The fourth-order valence-corrected chi connectivity index (χ4v) is 5.24. The molecule has 3 nitrogen and oxygen atoms in total.